The molecule has 2 rings (SSSR count). The molecule has 0 radical (unpaired) electrons. The number of carbonyl (C=O) groups excluding carboxylic acids is 1. The Labute approximate surface area is 137 Å². The van der Waals surface area contributed by atoms with Crippen molar-refractivity contribution in [1.29, 1.82) is 0 Å². The van der Waals surface area contributed by atoms with Crippen molar-refractivity contribution < 1.29 is 9.53 Å². The molecule has 0 fully saturated rings. The summed E-state index contributed by atoms with van der Waals surface area (Å²) in [7, 11) is 1.64. The van der Waals surface area contributed by atoms with Crippen LogP contribution in [-0.4, -0.2) is 31.2 Å². The van der Waals surface area contributed by atoms with Crippen LogP contribution in [0.25, 0.3) is 0 Å². The van der Waals surface area contributed by atoms with Gasteiger partial charge in [0.15, 0.2) is 0 Å². The van der Waals surface area contributed by atoms with E-state index in [0.717, 1.165) is 17.8 Å². The van der Waals surface area contributed by atoms with E-state index in [0.29, 0.717) is 18.8 Å². The Morgan fingerprint density at radius 2 is 1.91 bits per heavy atom. The highest BCUT2D eigenvalue weighted by Crippen LogP contribution is 2.19. The minimum Gasteiger partial charge on any atom is -0.385 e. The van der Waals surface area contributed by atoms with E-state index >= 15 is 0 Å². The minimum atomic E-state index is -0.168. The maximum atomic E-state index is 11.9. The van der Waals surface area contributed by atoms with Crippen molar-refractivity contribution in [3.8, 4) is 0 Å². The number of aromatic nitrogens is 1. The van der Waals surface area contributed by atoms with Crippen LogP contribution in [0.5, 0.6) is 0 Å². The van der Waals surface area contributed by atoms with Gasteiger partial charge in [0, 0.05) is 25.9 Å². The minimum absolute atomic E-state index is 0.168. The predicted molar refractivity (Wildman–Crippen MR) is 92.3 cm³/mol. The Hall–Kier alpha value is -2.40. The van der Waals surface area contributed by atoms with Crippen molar-refractivity contribution in [2.24, 2.45) is 0 Å². The Balaban J connectivity index is 1.93. The lowest BCUT2D eigenvalue weighted by Crippen LogP contribution is -2.26. The molecule has 122 valence electrons. The molecule has 2 N–H and O–H groups in total. The van der Waals surface area contributed by atoms with Crippen LogP contribution in [0.2, 0.25) is 0 Å². The van der Waals surface area contributed by atoms with Gasteiger partial charge in [0.2, 0.25) is 0 Å². The number of anilines is 2. The molecule has 1 aromatic carbocycles. The summed E-state index contributed by atoms with van der Waals surface area (Å²) in [6.07, 6.45) is 2.45. The monoisotopic (exact) mass is 313 g/mol. The fourth-order valence-electron chi connectivity index (χ4n) is 2.10. The topological polar surface area (TPSA) is 63.2 Å². The van der Waals surface area contributed by atoms with E-state index in [-0.39, 0.29) is 5.91 Å². The highest BCUT2D eigenvalue weighted by Gasteiger charge is 2.06. The number of hydrogen-bond acceptors (Lipinski definition) is 4. The summed E-state index contributed by atoms with van der Waals surface area (Å²) >= 11 is 0. The van der Waals surface area contributed by atoms with Crippen LogP contribution < -0.4 is 10.6 Å². The number of amides is 1. The molecule has 0 aliphatic carbocycles. The molecule has 0 bridgehead atoms. The highest BCUT2D eigenvalue weighted by atomic mass is 16.5. The van der Waals surface area contributed by atoms with Gasteiger partial charge in [-0.2, -0.15) is 0 Å². The molecule has 0 aliphatic heterocycles. The molecule has 1 aromatic heterocycles. The van der Waals surface area contributed by atoms with Crippen molar-refractivity contribution in [1.82, 2.24) is 10.3 Å². The molecule has 1 amide bonds. The summed E-state index contributed by atoms with van der Waals surface area (Å²) in [6.45, 7) is 5.38. The average molecular weight is 313 g/mol. The van der Waals surface area contributed by atoms with Crippen molar-refractivity contribution >= 4 is 17.3 Å². The summed E-state index contributed by atoms with van der Waals surface area (Å²) in [5.74, 6) is -0.168. The largest absolute Gasteiger partial charge is 0.385 e. The van der Waals surface area contributed by atoms with Crippen LogP contribution in [0.1, 0.15) is 28.0 Å². The number of carbonyl (C=O) groups is 1. The van der Waals surface area contributed by atoms with Crippen LogP contribution in [-0.2, 0) is 4.74 Å². The zero-order chi connectivity index (χ0) is 16.7. The van der Waals surface area contributed by atoms with Gasteiger partial charge >= 0.3 is 0 Å². The van der Waals surface area contributed by atoms with E-state index in [1.165, 1.54) is 11.1 Å². The number of nitrogens with zero attached hydrogens (tertiary/aromatic N) is 1. The van der Waals surface area contributed by atoms with Crippen LogP contribution >= 0.6 is 0 Å². The third-order valence-corrected chi connectivity index (χ3v) is 3.60. The Bertz CT molecular complexity index is 654. The van der Waals surface area contributed by atoms with Gasteiger partial charge < -0.3 is 15.4 Å². The van der Waals surface area contributed by atoms with Crippen molar-refractivity contribution in [3.05, 3.63) is 53.3 Å². The first-order valence-corrected chi connectivity index (χ1v) is 7.67. The second kappa shape index (κ2) is 8.29. The second-order valence-electron chi connectivity index (χ2n) is 5.46. The predicted octanol–water partition coefficient (Wildman–Crippen LogP) is 3.21. The van der Waals surface area contributed by atoms with Crippen LogP contribution in [0.4, 0.5) is 11.4 Å². The number of rotatable bonds is 7. The van der Waals surface area contributed by atoms with Gasteiger partial charge in [0.25, 0.3) is 5.91 Å². The second-order valence-corrected chi connectivity index (χ2v) is 5.46. The number of benzene rings is 1. The van der Waals surface area contributed by atoms with Crippen molar-refractivity contribution in [3.63, 3.8) is 0 Å². The van der Waals surface area contributed by atoms with Crippen molar-refractivity contribution in [2.45, 2.75) is 20.3 Å². The van der Waals surface area contributed by atoms with E-state index in [1.54, 1.807) is 19.4 Å². The fourth-order valence-corrected chi connectivity index (χ4v) is 2.10. The molecule has 0 saturated carbocycles. The van der Waals surface area contributed by atoms with Crippen LogP contribution in [0, 0.1) is 13.8 Å². The quantitative estimate of drug-likeness (QED) is 0.771. The van der Waals surface area contributed by atoms with Gasteiger partial charge in [-0.15, -0.1) is 0 Å². The molecule has 0 aliphatic rings. The lowest BCUT2D eigenvalue weighted by atomic mass is 10.1. The highest BCUT2D eigenvalue weighted by molar-refractivity contribution is 5.92. The Morgan fingerprint density at radius 1 is 1.13 bits per heavy atom. The standard InChI is InChI=1S/C18H23N3O2/c1-13-5-6-15(11-14(13)2)21-16-7-8-17(20-12-16)18(22)19-9-4-10-23-3/h5-8,11-12,21H,4,9-10H2,1-3H3,(H,19,22). The zero-order valence-electron chi connectivity index (χ0n) is 13.8. The van der Waals surface area contributed by atoms with E-state index in [2.05, 4.69) is 41.6 Å². The first-order valence-electron chi connectivity index (χ1n) is 7.67. The molecule has 0 atom stereocenters. The maximum absolute atomic E-state index is 11.9. The molecule has 1 heterocycles. The number of hydrogen-bond donors (Lipinski definition) is 2. The molecular formula is C18H23N3O2. The Morgan fingerprint density at radius 3 is 2.57 bits per heavy atom. The number of methoxy groups -OCH3 is 1. The van der Waals surface area contributed by atoms with Gasteiger partial charge in [0.05, 0.1) is 11.9 Å². The first-order chi connectivity index (χ1) is 11.1. The van der Waals surface area contributed by atoms with Gasteiger partial charge in [-0.25, -0.2) is 4.98 Å². The van der Waals surface area contributed by atoms with Gasteiger partial charge in [0.1, 0.15) is 5.69 Å². The SMILES string of the molecule is COCCCNC(=O)c1ccc(Nc2ccc(C)c(C)c2)cn1. The third-order valence-electron chi connectivity index (χ3n) is 3.60. The number of pyridine rings is 1. The van der Waals surface area contributed by atoms with Gasteiger partial charge in [-0.05, 0) is 55.7 Å². The van der Waals surface area contributed by atoms with Crippen LogP contribution in [0.3, 0.4) is 0 Å². The zero-order valence-corrected chi connectivity index (χ0v) is 13.8. The number of ether oxygens (including phenoxy) is 1. The molecule has 0 saturated heterocycles. The van der Waals surface area contributed by atoms with E-state index in [4.69, 9.17) is 4.74 Å². The number of nitrogens with one attached hydrogen (secondary N) is 2. The normalized spacial score (nSPS) is 10.4. The summed E-state index contributed by atoms with van der Waals surface area (Å²) in [4.78, 5) is 16.1. The fraction of sp³-hybridized carbons (Fsp3) is 0.333. The maximum Gasteiger partial charge on any atom is 0.269 e. The molecular weight excluding hydrogens is 290 g/mol. The lowest BCUT2D eigenvalue weighted by molar-refractivity contribution is 0.0943. The van der Waals surface area contributed by atoms with E-state index in [9.17, 15) is 4.79 Å². The number of aryl methyl sites for hydroxylation is 2. The molecule has 0 spiro atoms. The Kier molecular flexibility index (Phi) is 6.11. The lowest BCUT2D eigenvalue weighted by Gasteiger charge is -2.09. The smallest absolute Gasteiger partial charge is 0.269 e. The third kappa shape index (κ3) is 5.07. The molecule has 5 nitrogen and oxygen atoms in total. The summed E-state index contributed by atoms with van der Waals surface area (Å²) in [5.41, 5.74) is 4.76. The van der Waals surface area contributed by atoms with Gasteiger partial charge in [-0.1, -0.05) is 6.07 Å². The molecule has 2 aromatic rings. The molecule has 0 unspecified atom stereocenters. The van der Waals surface area contributed by atoms with E-state index < -0.39 is 0 Å². The van der Waals surface area contributed by atoms with Crippen LogP contribution in [0.15, 0.2) is 36.5 Å². The molecule has 23 heavy (non-hydrogen) atoms. The molecule has 5 heteroatoms. The van der Waals surface area contributed by atoms with E-state index in [1.807, 2.05) is 12.1 Å². The average Bonchev–Trinajstić information content (AvgIpc) is 2.55. The van der Waals surface area contributed by atoms with Gasteiger partial charge in [-0.3, -0.25) is 4.79 Å². The summed E-state index contributed by atoms with van der Waals surface area (Å²) < 4.78 is 4.94. The summed E-state index contributed by atoms with van der Waals surface area (Å²) in [6, 6.07) is 9.76. The van der Waals surface area contributed by atoms with Crippen molar-refractivity contribution in [2.75, 3.05) is 25.6 Å². The summed E-state index contributed by atoms with van der Waals surface area (Å²) in [5, 5.41) is 6.10. The first kappa shape index (κ1) is 17.0.